The van der Waals surface area contributed by atoms with E-state index in [1.165, 1.54) is 18.2 Å². The molecule has 1 aliphatic heterocycles. The number of nitrogens with zero attached hydrogens (tertiary/aromatic N) is 4. The first-order chi connectivity index (χ1) is 11.6. The van der Waals surface area contributed by atoms with Crippen LogP contribution < -0.4 is 0 Å². The Balaban J connectivity index is 1.69. The first-order valence-electron chi connectivity index (χ1n) is 8.52. The van der Waals surface area contributed by atoms with Gasteiger partial charge in [0.15, 0.2) is 16.7 Å². The molecule has 1 amide bonds. The number of amides is 1. The molecule has 24 heavy (non-hydrogen) atoms. The summed E-state index contributed by atoms with van der Waals surface area (Å²) in [4.78, 5) is 14.7. The van der Waals surface area contributed by atoms with Crippen molar-refractivity contribution in [2.24, 2.45) is 0 Å². The topological polar surface area (TPSA) is 64.2 Å². The van der Waals surface area contributed by atoms with Crippen LogP contribution in [0.4, 0.5) is 0 Å². The number of aromatic nitrogens is 3. The minimum Gasteiger partial charge on any atom is -0.461 e. The summed E-state index contributed by atoms with van der Waals surface area (Å²) in [6.45, 7) is 7.05. The third-order valence-corrected chi connectivity index (χ3v) is 5.53. The van der Waals surface area contributed by atoms with Crippen molar-refractivity contribution in [2.75, 3.05) is 5.75 Å². The lowest BCUT2D eigenvalue weighted by Gasteiger charge is -2.39. The van der Waals surface area contributed by atoms with Gasteiger partial charge in [0.05, 0.1) is 12.0 Å². The Morgan fingerprint density at radius 2 is 2.08 bits per heavy atom. The molecule has 2 aromatic heterocycles. The van der Waals surface area contributed by atoms with Crippen LogP contribution in [0.25, 0.3) is 11.6 Å². The van der Waals surface area contributed by atoms with Crippen LogP contribution in [0.5, 0.6) is 0 Å². The molecule has 1 fully saturated rings. The van der Waals surface area contributed by atoms with Gasteiger partial charge in [-0.05, 0) is 52.2 Å². The molecule has 0 N–H and O–H groups in total. The fourth-order valence-electron chi connectivity index (χ4n) is 3.38. The predicted octanol–water partition coefficient (Wildman–Crippen LogP) is 3.44. The Labute approximate surface area is 146 Å². The zero-order chi connectivity index (χ0) is 17.1. The Kier molecular flexibility index (Phi) is 5.28. The molecule has 0 saturated carbocycles. The summed E-state index contributed by atoms with van der Waals surface area (Å²) < 4.78 is 7.40. The summed E-state index contributed by atoms with van der Waals surface area (Å²) in [5, 5.41) is 9.23. The molecule has 0 bridgehead atoms. The second kappa shape index (κ2) is 7.42. The molecule has 2 aromatic rings. The van der Waals surface area contributed by atoms with E-state index in [4.69, 9.17) is 4.42 Å². The monoisotopic (exact) mass is 348 g/mol. The molecule has 0 aromatic carbocycles. The lowest BCUT2D eigenvalue weighted by atomic mass is 9.98. The van der Waals surface area contributed by atoms with Crippen molar-refractivity contribution < 1.29 is 9.21 Å². The zero-order valence-electron chi connectivity index (χ0n) is 14.4. The van der Waals surface area contributed by atoms with E-state index in [-0.39, 0.29) is 5.91 Å². The molecular formula is C17H24N4O2S. The van der Waals surface area contributed by atoms with Gasteiger partial charge in [0, 0.05) is 18.6 Å². The van der Waals surface area contributed by atoms with E-state index < -0.39 is 0 Å². The Morgan fingerprint density at radius 1 is 1.33 bits per heavy atom. The number of thioether (sulfide) groups is 1. The summed E-state index contributed by atoms with van der Waals surface area (Å²) in [5.74, 6) is 1.98. The van der Waals surface area contributed by atoms with E-state index >= 15 is 0 Å². The van der Waals surface area contributed by atoms with Gasteiger partial charge in [-0.15, -0.1) is 10.2 Å². The van der Waals surface area contributed by atoms with E-state index in [0.717, 1.165) is 24.5 Å². The summed E-state index contributed by atoms with van der Waals surface area (Å²) in [6.07, 6.45) is 5.01. The lowest BCUT2D eigenvalue weighted by Crippen LogP contribution is -2.48. The first kappa shape index (κ1) is 17.1. The summed E-state index contributed by atoms with van der Waals surface area (Å²) >= 11 is 1.45. The molecule has 0 radical (unpaired) electrons. The highest BCUT2D eigenvalue weighted by Crippen LogP contribution is 2.27. The van der Waals surface area contributed by atoms with Gasteiger partial charge in [-0.3, -0.25) is 9.36 Å². The maximum atomic E-state index is 12.7. The number of hydrogen-bond donors (Lipinski definition) is 0. The number of hydrogen-bond acceptors (Lipinski definition) is 5. The first-order valence-corrected chi connectivity index (χ1v) is 9.51. The normalized spacial score (nSPS) is 21.2. The van der Waals surface area contributed by atoms with Crippen LogP contribution in [0.3, 0.4) is 0 Å². The third kappa shape index (κ3) is 3.36. The van der Waals surface area contributed by atoms with Crippen molar-refractivity contribution in [1.29, 1.82) is 0 Å². The number of likely N-dealkylation sites (tertiary alicyclic amines) is 1. The molecule has 3 heterocycles. The molecule has 6 nitrogen and oxygen atoms in total. The van der Waals surface area contributed by atoms with Crippen molar-refractivity contribution in [3.8, 4) is 11.6 Å². The maximum absolute atomic E-state index is 12.7. The highest BCUT2D eigenvalue weighted by Gasteiger charge is 2.29. The van der Waals surface area contributed by atoms with E-state index in [0.29, 0.717) is 29.4 Å². The van der Waals surface area contributed by atoms with Crippen LogP contribution >= 0.6 is 11.8 Å². The highest BCUT2D eigenvalue weighted by atomic mass is 32.2. The summed E-state index contributed by atoms with van der Waals surface area (Å²) in [7, 11) is 0. The fourth-order valence-corrected chi connectivity index (χ4v) is 4.25. The lowest BCUT2D eigenvalue weighted by molar-refractivity contribution is -0.134. The van der Waals surface area contributed by atoms with E-state index in [9.17, 15) is 4.79 Å². The summed E-state index contributed by atoms with van der Waals surface area (Å²) in [6, 6.07) is 4.35. The molecule has 0 aliphatic carbocycles. The average molecular weight is 348 g/mol. The van der Waals surface area contributed by atoms with Crippen LogP contribution in [0.15, 0.2) is 28.0 Å². The van der Waals surface area contributed by atoms with Gasteiger partial charge in [0.1, 0.15) is 0 Å². The SMILES string of the molecule is CCn1c(SCC(=O)N2[C@H](C)CCC[C@H]2C)nnc1-c1ccco1. The molecular weight excluding hydrogens is 324 g/mol. The van der Waals surface area contributed by atoms with Gasteiger partial charge in [0.25, 0.3) is 0 Å². The van der Waals surface area contributed by atoms with Gasteiger partial charge in [-0.25, -0.2) is 0 Å². The zero-order valence-corrected chi connectivity index (χ0v) is 15.3. The van der Waals surface area contributed by atoms with Gasteiger partial charge in [0.2, 0.25) is 5.91 Å². The Bertz CT molecular complexity index is 673. The molecule has 130 valence electrons. The number of carbonyl (C=O) groups excluding carboxylic acids is 1. The van der Waals surface area contributed by atoms with Crippen molar-refractivity contribution in [3.05, 3.63) is 18.4 Å². The second-order valence-electron chi connectivity index (χ2n) is 6.25. The molecule has 1 saturated heterocycles. The van der Waals surface area contributed by atoms with Gasteiger partial charge in [-0.1, -0.05) is 11.8 Å². The van der Waals surface area contributed by atoms with Crippen molar-refractivity contribution in [3.63, 3.8) is 0 Å². The quantitative estimate of drug-likeness (QED) is 0.775. The second-order valence-corrected chi connectivity index (χ2v) is 7.19. The molecule has 7 heteroatoms. The van der Waals surface area contributed by atoms with Crippen LogP contribution in [-0.2, 0) is 11.3 Å². The van der Waals surface area contributed by atoms with E-state index in [1.807, 2.05) is 28.5 Å². The summed E-state index contributed by atoms with van der Waals surface area (Å²) in [5.41, 5.74) is 0. The highest BCUT2D eigenvalue weighted by molar-refractivity contribution is 7.99. The standard InChI is InChI=1S/C17H24N4O2S/c1-4-20-16(14-9-6-10-23-14)18-19-17(20)24-11-15(22)21-12(2)7-5-8-13(21)3/h6,9-10,12-13H,4-5,7-8,11H2,1-3H3/t12-,13-/m1/s1. The number of rotatable bonds is 5. The van der Waals surface area contributed by atoms with Crippen LogP contribution in [0, 0.1) is 0 Å². The molecule has 1 aliphatic rings. The number of piperidine rings is 1. The largest absolute Gasteiger partial charge is 0.461 e. The van der Waals surface area contributed by atoms with E-state index in [2.05, 4.69) is 24.0 Å². The van der Waals surface area contributed by atoms with Crippen molar-refractivity contribution in [1.82, 2.24) is 19.7 Å². The van der Waals surface area contributed by atoms with Crippen LogP contribution in [0.2, 0.25) is 0 Å². The number of carbonyl (C=O) groups is 1. The fraction of sp³-hybridized carbons (Fsp3) is 0.588. The van der Waals surface area contributed by atoms with Crippen LogP contribution in [-0.4, -0.2) is 43.4 Å². The minimum atomic E-state index is 0.185. The molecule has 2 atom stereocenters. The molecule has 0 unspecified atom stereocenters. The van der Waals surface area contributed by atoms with Gasteiger partial charge < -0.3 is 9.32 Å². The predicted molar refractivity (Wildman–Crippen MR) is 93.7 cm³/mol. The van der Waals surface area contributed by atoms with Crippen molar-refractivity contribution >= 4 is 17.7 Å². The third-order valence-electron chi connectivity index (χ3n) is 4.58. The average Bonchev–Trinajstić information content (AvgIpc) is 3.21. The Morgan fingerprint density at radius 3 is 2.71 bits per heavy atom. The van der Waals surface area contributed by atoms with Gasteiger partial charge >= 0.3 is 0 Å². The van der Waals surface area contributed by atoms with Crippen molar-refractivity contribution in [2.45, 2.75) is 63.8 Å². The number of furan rings is 1. The molecule has 3 rings (SSSR count). The minimum absolute atomic E-state index is 0.185. The van der Waals surface area contributed by atoms with Crippen LogP contribution in [0.1, 0.15) is 40.0 Å². The van der Waals surface area contributed by atoms with Gasteiger partial charge in [-0.2, -0.15) is 0 Å². The maximum Gasteiger partial charge on any atom is 0.233 e. The Hall–Kier alpha value is -1.76. The van der Waals surface area contributed by atoms with E-state index in [1.54, 1.807) is 6.26 Å². The molecule has 0 spiro atoms. The smallest absolute Gasteiger partial charge is 0.233 e.